The zero-order valence-electron chi connectivity index (χ0n) is 38.5. The molecule has 5 aromatic carbocycles. The van der Waals surface area contributed by atoms with E-state index in [4.69, 9.17) is 0 Å². The molecule has 2 nitrogen and oxygen atoms in total. The Kier molecular flexibility index (Phi) is 12.4. The standard InChI is InChI=1S/C58H66N2/c1-41(55(3,4)5)39-53(59(46-24-17-15-18-25-46)48-33-29-43(30-34-48)56(6,7)8)52-38-37-51-42(2)50(52)28-22-21-23-45(58(12,13)14)40-54(51)60(47-26-19-16-20-27-47)49-35-31-44(32-36-49)57(9,10)11/h15-22,24-40H,1H2,2-14H3/b28-22-,53-39+,54-40+. The maximum atomic E-state index is 4.68. The number of para-hydroxylation sites is 2. The highest BCUT2D eigenvalue weighted by Gasteiger charge is 2.28. The molecule has 0 spiro atoms. The Balaban J connectivity index is 1.68. The van der Waals surface area contributed by atoms with E-state index in [9.17, 15) is 0 Å². The molecule has 2 heteroatoms. The van der Waals surface area contributed by atoms with Gasteiger partial charge in [-0.15, -0.1) is 5.73 Å². The van der Waals surface area contributed by atoms with Crippen molar-refractivity contribution < 1.29 is 0 Å². The lowest BCUT2D eigenvalue weighted by molar-refractivity contribution is 0.518. The van der Waals surface area contributed by atoms with Crippen LogP contribution in [0.15, 0.2) is 169 Å². The summed E-state index contributed by atoms with van der Waals surface area (Å²) in [4.78, 5) is 4.82. The van der Waals surface area contributed by atoms with Crippen LogP contribution in [0, 0.1) is 17.8 Å². The minimum atomic E-state index is -0.161. The van der Waals surface area contributed by atoms with Gasteiger partial charge in [0, 0.05) is 39.4 Å². The summed E-state index contributed by atoms with van der Waals surface area (Å²) in [5.74, 6) is 0. The molecule has 1 aliphatic rings. The molecule has 1 aliphatic carbocycles. The molecule has 60 heavy (non-hydrogen) atoms. The Bertz CT molecular complexity index is 2470. The van der Waals surface area contributed by atoms with E-state index in [1.807, 2.05) is 0 Å². The lowest BCUT2D eigenvalue weighted by Gasteiger charge is -2.34. The van der Waals surface area contributed by atoms with Crippen molar-refractivity contribution in [2.75, 3.05) is 9.80 Å². The van der Waals surface area contributed by atoms with Crippen LogP contribution in [0.5, 0.6) is 0 Å². The average Bonchev–Trinajstić information content (AvgIpc) is 3.18. The quantitative estimate of drug-likeness (QED) is 0.114. The number of benzene rings is 5. The highest BCUT2D eigenvalue weighted by Crippen LogP contribution is 2.44. The van der Waals surface area contributed by atoms with E-state index in [0.717, 1.165) is 62.0 Å². The van der Waals surface area contributed by atoms with Gasteiger partial charge in [0.15, 0.2) is 0 Å². The molecule has 308 valence electrons. The van der Waals surface area contributed by atoms with Crippen molar-refractivity contribution >= 4 is 40.2 Å². The van der Waals surface area contributed by atoms with Crippen LogP contribution in [0.1, 0.15) is 116 Å². The van der Waals surface area contributed by atoms with Crippen molar-refractivity contribution in [3.05, 3.63) is 202 Å². The van der Waals surface area contributed by atoms with Crippen molar-refractivity contribution in [1.29, 1.82) is 0 Å². The molecule has 0 amide bonds. The molecule has 6 rings (SSSR count). The third-order valence-corrected chi connectivity index (χ3v) is 11.5. The first-order chi connectivity index (χ1) is 28.1. The molecule has 5 aromatic rings. The van der Waals surface area contributed by atoms with Crippen LogP contribution in [-0.4, -0.2) is 0 Å². The third kappa shape index (κ3) is 9.79. The summed E-state index contributed by atoms with van der Waals surface area (Å²) < 4.78 is 0. The Hall–Kier alpha value is -5.82. The molecule has 0 fully saturated rings. The predicted octanol–water partition coefficient (Wildman–Crippen LogP) is 16.7. The number of fused-ring (bicyclic) bond motifs is 2. The van der Waals surface area contributed by atoms with E-state index in [0.29, 0.717) is 0 Å². The van der Waals surface area contributed by atoms with E-state index in [1.165, 1.54) is 16.7 Å². The summed E-state index contributed by atoms with van der Waals surface area (Å²) >= 11 is 0. The van der Waals surface area contributed by atoms with E-state index in [1.54, 1.807) is 0 Å². The second-order valence-electron chi connectivity index (χ2n) is 20.3. The smallest absolute Gasteiger partial charge is 0.0546 e. The molecule has 0 heterocycles. The molecule has 0 aliphatic heterocycles. The summed E-state index contributed by atoms with van der Waals surface area (Å²) in [6, 6.07) is 44.3. The zero-order valence-corrected chi connectivity index (χ0v) is 38.5. The molecular formula is C58H66N2. The molecule has 0 saturated carbocycles. The van der Waals surface area contributed by atoms with Gasteiger partial charge in [0.2, 0.25) is 0 Å². The number of allylic oxidation sites excluding steroid dienone is 5. The lowest BCUT2D eigenvalue weighted by Crippen LogP contribution is -2.21. The molecule has 0 N–H and O–H groups in total. The van der Waals surface area contributed by atoms with Gasteiger partial charge in [0.05, 0.1) is 11.4 Å². The number of nitrogens with zero attached hydrogens (tertiary/aromatic N) is 2. The third-order valence-electron chi connectivity index (χ3n) is 11.5. The van der Waals surface area contributed by atoms with Crippen LogP contribution in [-0.2, 0) is 10.8 Å². The van der Waals surface area contributed by atoms with Gasteiger partial charge in [0.1, 0.15) is 0 Å². The monoisotopic (exact) mass is 791 g/mol. The summed E-state index contributed by atoms with van der Waals surface area (Å²) in [5, 5.41) is 0. The van der Waals surface area contributed by atoms with Gasteiger partial charge in [-0.2, -0.15) is 0 Å². The van der Waals surface area contributed by atoms with Crippen molar-refractivity contribution in [1.82, 2.24) is 0 Å². The number of hydrogen-bond donors (Lipinski definition) is 0. The minimum Gasteiger partial charge on any atom is -0.310 e. The van der Waals surface area contributed by atoms with Crippen LogP contribution in [0.4, 0.5) is 22.7 Å². The topological polar surface area (TPSA) is 6.48 Å². The number of hydrogen-bond acceptors (Lipinski definition) is 2. The van der Waals surface area contributed by atoms with Gasteiger partial charge >= 0.3 is 0 Å². The zero-order chi connectivity index (χ0) is 43.6. The average molecular weight is 791 g/mol. The molecule has 2 bridgehead atoms. The molecular weight excluding hydrogens is 725 g/mol. The molecule has 0 unspecified atom stereocenters. The van der Waals surface area contributed by atoms with Gasteiger partial charge in [-0.25, -0.2) is 0 Å². The van der Waals surface area contributed by atoms with E-state index in [2.05, 4.69) is 264 Å². The first-order valence-corrected chi connectivity index (χ1v) is 21.5. The predicted molar refractivity (Wildman–Crippen MR) is 263 cm³/mol. The fourth-order valence-corrected chi connectivity index (χ4v) is 7.47. The van der Waals surface area contributed by atoms with Gasteiger partial charge in [-0.05, 0) is 123 Å². The van der Waals surface area contributed by atoms with Gasteiger partial charge < -0.3 is 9.80 Å². The molecule has 0 atom stereocenters. The van der Waals surface area contributed by atoms with Crippen LogP contribution in [0.25, 0.3) is 17.5 Å². The van der Waals surface area contributed by atoms with Gasteiger partial charge in [0.25, 0.3) is 0 Å². The Morgan fingerprint density at radius 2 is 1.05 bits per heavy atom. The first kappa shape index (κ1) is 43.8. The molecule has 0 saturated heterocycles. The highest BCUT2D eigenvalue weighted by molar-refractivity contribution is 5.95. The van der Waals surface area contributed by atoms with Crippen molar-refractivity contribution in [3.63, 3.8) is 0 Å². The normalized spacial score (nSPS) is 15.1. The van der Waals surface area contributed by atoms with Gasteiger partial charge in [-0.3, -0.25) is 0 Å². The fraction of sp³-hybridized carbons (Fsp3) is 0.293. The fourth-order valence-electron chi connectivity index (χ4n) is 7.47. The lowest BCUT2D eigenvalue weighted by atomic mass is 9.83. The van der Waals surface area contributed by atoms with Gasteiger partial charge in [-0.1, -0.05) is 175 Å². The Morgan fingerprint density at radius 3 is 1.55 bits per heavy atom. The van der Waals surface area contributed by atoms with Crippen molar-refractivity contribution in [3.8, 4) is 0 Å². The van der Waals surface area contributed by atoms with E-state index < -0.39 is 0 Å². The second-order valence-corrected chi connectivity index (χ2v) is 20.3. The van der Waals surface area contributed by atoms with E-state index in [-0.39, 0.29) is 21.7 Å². The minimum absolute atomic E-state index is 0.0352. The van der Waals surface area contributed by atoms with Crippen LogP contribution >= 0.6 is 0 Å². The number of rotatable bonds is 8. The van der Waals surface area contributed by atoms with Crippen LogP contribution in [0.3, 0.4) is 0 Å². The number of anilines is 4. The summed E-state index contributed by atoms with van der Waals surface area (Å²) in [6.45, 7) is 34.1. The van der Waals surface area contributed by atoms with Crippen LogP contribution in [0.2, 0.25) is 0 Å². The summed E-state index contributed by atoms with van der Waals surface area (Å²) in [5.41, 5.74) is 19.4. The molecule has 0 radical (unpaired) electrons. The van der Waals surface area contributed by atoms with Crippen molar-refractivity contribution in [2.45, 2.75) is 101 Å². The Labute approximate surface area is 362 Å². The van der Waals surface area contributed by atoms with Crippen LogP contribution < -0.4 is 9.80 Å². The second kappa shape index (κ2) is 17.0. The molecule has 0 aromatic heterocycles. The summed E-state index contributed by atoms with van der Waals surface area (Å²) in [6.07, 6.45) is 11.2. The van der Waals surface area contributed by atoms with E-state index >= 15 is 0 Å². The maximum Gasteiger partial charge on any atom is 0.0546 e. The van der Waals surface area contributed by atoms with Crippen molar-refractivity contribution in [2.24, 2.45) is 10.8 Å². The maximum absolute atomic E-state index is 4.68. The SMILES string of the molecule is C=C(/C=C(\c1ccc2c(C)c1/C=C\C=C=C(C(C)(C)C)/C=C\2N(c1ccccc1)c1ccc(C(C)(C)C)cc1)N(c1ccccc1)c1ccc(C(C)(C)C)cc1)C(C)(C)C. The summed E-state index contributed by atoms with van der Waals surface area (Å²) in [7, 11) is 0. The Morgan fingerprint density at radius 1 is 0.567 bits per heavy atom. The largest absolute Gasteiger partial charge is 0.310 e. The first-order valence-electron chi connectivity index (χ1n) is 21.5. The highest BCUT2D eigenvalue weighted by atomic mass is 15.2.